The maximum Gasteiger partial charge on any atom is 0.0224 e. The summed E-state index contributed by atoms with van der Waals surface area (Å²) in [5.74, 6) is 1.85. The zero-order valence-electron chi connectivity index (χ0n) is 11.9. The molecule has 0 bridgehead atoms. The van der Waals surface area contributed by atoms with E-state index < -0.39 is 0 Å². The summed E-state index contributed by atoms with van der Waals surface area (Å²) >= 11 is 0. The van der Waals surface area contributed by atoms with Crippen LogP contribution >= 0.6 is 0 Å². The van der Waals surface area contributed by atoms with Gasteiger partial charge in [0.25, 0.3) is 0 Å². The fourth-order valence-electron chi connectivity index (χ4n) is 3.07. The summed E-state index contributed by atoms with van der Waals surface area (Å²) in [6.45, 7) is 10.9. The lowest BCUT2D eigenvalue weighted by Crippen LogP contribution is -2.57. The summed E-state index contributed by atoms with van der Waals surface area (Å²) in [5.41, 5.74) is 0. The van der Waals surface area contributed by atoms with Crippen molar-refractivity contribution in [3.63, 3.8) is 0 Å². The Morgan fingerprint density at radius 2 is 2.06 bits per heavy atom. The molecule has 1 heterocycles. The van der Waals surface area contributed by atoms with Crippen molar-refractivity contribution in [3.8, 4) is 0 Å². The molecule has 2 fully saturated rings. The van der Waals surface area contributed by atoms with Gasteiger partial charge in [-0.05, 0) is 31.1 Å². The second-order valence-electron chi connectivity index (χ2n) is 6.26. The van der Waals surface area contributed by atoms with Crippen LogP contribution in [-0.2, 0) is 0 Å². The van der Waals surface area contributed by atoms with E-state index in [-0.39, 0.29) is 0 Å². The lowest BCUT2D eigenvalue weighted by molar-refractivity contribution is 0.0989. The van der Waals surface area contributed by atoms with E-state index in [0.29, 0.717) is 0 Å². The minimum atomic E-state index is 0.795. The number of hydrogen-bond donors (Lipinski definition) is 1. The summed E-state index contributed by atoms with van der Waals surface area (Å²) in [7, 11) is 0. The SMILES string of the molecule is CCCC1CNC(C2CC2)CN1CC(C)CC. The standard InChI is InChI=1S/C15H30N2/c1-4-6-14-9-16-15(13-7-8-13)11-17(14)10-12(3)5-2/h12-16H,4-11H2,1-3H3. The van der Waals surface area contributed by atoms with Gasteiger partial charge in [0.05, 0.1) is 0 Å². The molecule has 1 saturated carbocycles. The van der Waals surface area contributed by atoms with Gasteiger partial charge in [-0.3, -0.25) is 4.90 Å². The first-order valence-corrected chi connectivity index (χ1v) is 7.72. The molecule has 0 spiro atoms. The van der Waals surface area contributed by atoms with E-state index in [1.807, 2.05) is 0 Å². The maximum atomic E-state index is 3.80. The Morgan fingerprint density at radius 1 is 1.29 bits per heavy atom. The summed E-state index contributed by atoms with van der Waals surface area (Å²) < 4.78 is 0. The molecular weight excluding hydrogens is 208 g/mol. The highest BCUT2D eigenvalue weighted by molar-refractivity contribution is 4.94. The zero-order chi connectivity index (χ0) is 12.3. The number of piperazine rings is 1. The second-order valence-corrected chi connectivity index (χ2v) is 6.26. The molecule has 0 radical (unpaired) electrons. The van der Waals surface area contributed by atoms with Crippen LogP contribution in [0.4, 0.5) is 0 Å². The molecule has 3 atom stereocenters. The van der Waals surface area contributed by atoms with Gasteiger partial charge in [0.15, 0.2) is 0 Å². The summed E-state index contributed by atoms with van der Waals surface area (Å²) in [4.78, 5) is 2.79. The highest BCUT2D eigenvalue weighted by Crippen LogP contribution is 2.34. The van der Waals surface area contributed by atoms with Gasteiger partial charge in [0.2, 0.25) is 0 Å². The van der Waals surface area contributed by atoms with E-state index >= 15 is 0 Å². The molecule has 0 amide bonds. The van der Waals surface area contributed by atoms with Gasteiger partial charge in [0, 0.05) is 31.7 Å². The Kier molecular flexibility index (Phi) is 4.87. The normalized spacial score (nSPS) is 32.6. The fourth-order valence-corrected chi connectivity index (χ4v) is 3.07. The van der Waals surface area contributed by atoms with Crippen molar-refractivity contribution in [2.75, 3.05) is 19.6 Å². The molecule has 100 valence electrons. The second kappa shape index (κ2) is 6.19. The van der Waals surface area contributed by atoms with Gasteiger partial charge in [0.1, 0.15) is 0 Å². The van der Waals surface area contributed by atoms with Gasteiger partial charge in [-0.1, -0.05) is 33.6 Å². The first-order chi connectivity index (χ1) is 8.24. The van der Waals surface area contributed by atoms with Crippen molar-refractivity contribution < 1.29 is 0 Å². The minimum Gasteiger partial charge on any atom is -0.311 e. The molecule has 2 heteroatoms. The molecule has 3 unspecified atom stereocenters. The molecule has 0 aromatic heterocycles. The van der Waals surface area contributed by atoms with Crippen LogP contribution in [0.5, 0.6) is 0 Å². The van der Waals surface area contributed by atoms with Gasteiger partial charge in [-0.25, -0.2) is 0 Å². The Balaban J connectivity index is 1.88. The number of hydrogen-bond acceptors (Lipinski definition) is 2. The number of rotatable bonds is 6. The molecule has 2 aliphatic rings. The van der Waals surface area contributed by atoms with Crippen LogP contribution in [-0.4, -0.2) is 36.6 Å². The largest absolute Gasteiger partial charge is 0.311 e. The lowest BCUT2D eigenvalue weighted by atomic mass is 9.99. The van der Waals surface area contributed by atoms with Gasteiger partial charge in [-0.15, -0.1) is 0 Å². The average molecular weight is 238 g/mol. The van der Waals surface area contributed by atoms with Crippen LogP contribution in [0, 0.1) is 11.8 Å². The predicted octanol–water partition coefficient (Wildman–Crippen LogP) is 2.89. The molecule has 1 aliphatic heterocycles. The Labute approximate surface area is 107 Å². The molecule has 0 aromatic carbocycles. The Morgan fingerprint density at radius 3 is 2.65 bits per heavy atom. The topological polar surface area (TPSA) is 15.3 Å². The van der Waals surface area contributed by atoms with Gasteiger partial charge < -0.3 is 5.32 Å². The Bertz CT molecular complexity index is 225. The summed E-state index contributed by atoms with van der Waals surface area (Å²) in [6, 6.07) is 1.59. The van der Waals surface area contributed by atoms with Crippen LogP contribution in [0.1, 0.15) is 52.9 Å². The first-order valence-electron chi connectivity index (χ1n) is 7.72. The molecule has 0 aromatic rings. The van der Waals surface area contributed by atoms with Crippen LogP contribution in [0.15, 0.2) is 0 Å². The quantitative estimate of drug-likeness (QED) is 0.765. The van der Waals surface area contributed by atoms with E-state index in [1.54, 1.807) is 0 Å². The van der Waals surface area contributed by atoms with Crippen molar-refractivity contribution >= 4 is 0 Å². The first kappa shape index (κ1) is 13.4. The summed E-state index contributed by atoms with van der Waals surface area (Å²) in [5, 5.41) is 3.80. The smallest absolute Gasteiger partial charge is 0.0224 e. The molecule has 17 heavy (non-hydrogen) atoms. The Hall–Kier alpha value is -0.0800. The predicted molar refractivity (Wildman–Crippen MR) is 74.2 cm³/mol. The average Bonchev–Trinajstić information content (AvgIpc) is 3.15. The van der Waals surface area contributed by atoms with Crippen molar-refractivity contribution in [3.05, 3.63) is 0 Å². The maximum absolute atomic E-state index is 3.80. The highest BCUT2D eigenvalue weighted by Gasteiger charge is 2.36. The monoisotopic (exact) mass is 238 g/mol. The fraction of sp³-hybridized carbons (Fsp3) is 1.00. The molecule has 1 saturated heterocycles. The van der Waals surface area contributed by atoms with Crippen molar-refractivity contribution in [1.29, 1.82) is 0 Å². The van der Waals surface area contributed by atoms with E-state index in [9.17, 15) is 0 Å². The zero-order valence-corrected chi connectivity index (χ0v) is 11.9. The molecule has 1 N–H and O–H groups in total. The summed E-state index contributed by atoms with van der Waals surface area (Å²) in [6.07, 6.45) is 6.93. The molecule has 1 aliphatic carbocycles. The van der Waals surface area contributed by atoms with Crippen LogP contribution in [0.2, 0.25) is 0 Å². The third-order valence-electron chi connectivity index (χ3n) is 4.62. The van der Waals surface area contributed by atoms with Crippen LogP contribution in [0.3, 0.4) is 0 Å². The highest BCUT2D eigenvalue weighted by atomic mass is 15.2. The third kappa shape index (κ3) is 3.69. The molecule has 2 nitrogen and oxygen atoms in total. The van der Waals surface area contributed by atoms with Crippen molar-refractivity contribution in [2.45, 2.75) is 65.0 Å². The van der Waals surface area contributed by atoms with Gasteiger partial charge >= 0.3 is 0 Å². The number of nitrogens with zero attached hydrogens (tertiary/aromatic N) is 1. The van der Waals surface area contributed by atoms with E-state index in [0.717, 1.165) is 23.9 Å². The van der Waals surface area contributed by atoms with Gasteiger partial charge in [-0.2, -0.15) is 0 Å². The number of nitrogens with one attached hydrogen (secondary N) is 1. The third-order valence-corrected chi connectivity index (χ3v) is 4.62. The van der Waals surface area contributed by atoms with Crippen molar-refractivity contribution in [2.24, 2.45) is 11.8 Å². The van der Waals surface area contributed by atoms with E-state index in [4.69, 9.17) is 0 Å². The molecular formula is C15H30N2. The lowest BCUT2D eigenvalue weighted by Gasteiger charge is -2.42. The van der Waals surface area contributed by atoms with E-state index in [2.05, 4.69) is 31.0 Å². The minimum absolute atomic E-state index is 0.795. The molecule has 2 rings (SSSR count). The van der Waals surface area contributed by atoms with Crippen LogP contribution < -0.4 is 5.32 Å². The van der Waals surface area contributed by atoms with Crippen molar-refractivity contribution in [1.82, 2.24) is 10.2 Å². The van der Waals surface area contributed by atoms with Crippen LogP contribution in [0.25, 0.3) is 0 Å². The van der Waals surface area contributed by atoms with E-state index in [1.165, 1.54) is 51.7 Å².